The average Bonchev–Trinajstić information content (AvgIpc) is 2.85. The number of hydrogen-bond donors (Lipinski definition) is 3. The van der Waals surface area contributed by atoms with Gasteiger partial charge < -0.3 is 30.4 Å². The number of carbonyl (C=O) groups excluding carboxylic acids is 3. The third kappa shape index (κ3) is 5.96. The SMILES string of the molecule is C#CCOC(=O)CC1C(C(=O)OCC#C)=C(N)Oc2ccc(-c3ccnc(NC(=O)CO)c3)cc21. The predicted octanol–water partition coefficient (Wildman–Crippen LogP) is 1.07. The zero-order valence-electron chi connectivity index (χ0n) is 18.4. The van der Waals surface area contributed by atoms with E-state index in [0.717, 1.165) is 0 Å². The van der Waals surface area contributed by atoms with Crippen LogP contribution in [-0.4, -0.2) is 47.8 Å². The number of fused-ring (bicyclic) bond motifs is 1. The third-order valence-electron chi connectivity index (χ3n) is 4.92. The minimum Gasteiger partial charge on any atom is -0.452 e. The van der Waals surface area contributed by atoms with Gasteiger partial charge in [-0.1, -0.05) is 17.9 Å². The van der Waals surface area contributed by atoms with Crippen LogP contribution in [0.15, 0.2) is 48.0 Å². The molecule has 4 N–H and O–H groups in total. The van der Waals surface area contributed by atoms with Gasteiger partial charge in [-0.3, -0.25) is 9.59 Å². The Morgan fingerprint density at radius 3 is 2.54 bits per heavy atom. The molecule has 1 amide bonds. The quantitative estimate of drug-likeness (QED) is 0.376. The van der Waals surface area contributed by atoms with Crippen LogP contribution >= 0.6 is 0 Å². The minimum absolute atomic E-state index is 0.0758. The molecule has 0 bridgehead atoms. The lowest BCUT2D eigenvalue weighted by molar-refractivity contribution is -0.142. The van der Waals surface area contributed by atoms with E-state index in [2.05, 4.69) is 22.1 Å². The van der Waals surface area contributed by atoms with Crippen molar-refractivity contribution in [1.82, 2.24) is 4.98 Å². The number of esters is 2. The molecular formula is C25H21N3O7. The zero-order valence-corrected chi connectivity index (χ0v) is 18.4. The Bertz CT molecular complexity index is 1270. The first kappa shape index (κ1) is 24.8. The molecule has 0 saturated carbocycles. The fraction of sp³-hybridized carbons (Fsp3) is 0.200. The Balaban J connectivity index is 2.03. The van der Waals surface area contributed by atoms with E-state index in [-0.39, 0.29) is 36.9 Å². The van der Waals surface area contributed by atoms with Gasteiger partial charge in [-0.05, 0) is 35.4 Å². The van der Waals surface area contributed by atoms with E-state index in [1.165, 1.54) is 6.20 Å². The molecule has 10 nitrogen and oxygen atoms in total. The van der Waals surface area contributed by atoms with Crippen LogP contribution in [0, 0.1) is 24.7 Å². The molecule has 1 aliphatic heterocycles. The van der Waals surface area contributed by atoms with E-state index in [1.54, 1.807) is 30.3 Å². The molecule has 0 spiro atoms. The van der Waals surface area contributed by atoms with Gasteiger partial charge in [0.2, 0.25) is 5.88 Å². The van der Waals surface area contributed by atoms with Crippen molar-refractivity contribution in [3.05, 3.63) is 53.5 Å². The summed E-state index contributed by atoms with van der Waals surface area (Å²) < 4.78 is 15.7. The number of nitrogens with one attached hydrogen (secondary N) is 1. The van der Waals surface area contributed by atoms with Gasteiger partial charge in [-0.15, -0.1) is 12.8 Å². The summed E-state index contributed by atoms with van der Waals surface area (Å²) in [4.78, 5) is 40.7. The molecule has 0 radical (unpaired) electrons. The molecule has 1 aliphatic rings. The second kappa shape index (κ2) is 11.4. The summed E-state index contributed by atoms with van der Waals surface area (Å²) in [5.41, 5.74) is 7.73. The highest BCUT2D eigenvalue weighted by Crippen LogP contribution is 2.42. The molecule has 2 heterocycles. The molecule has 2 aromatic rings. The highest BCUT2D eigenvalue weighted by Gasteiger charge is 2.36. The van der Waals surface area contributed by atoms with Gasteiger partial charge in [-0.25, -0.2) is 9.78 Å². The van der Waals surface area contributed by atoms with Gasteiger partial charge in [0.1, 0.15) is 23.7 Å². The summed E-state index contributed by atoms with van der Waals surface area (Å²) in [6.07, 6.45) is 11.6. The van der Waals surface area contributed by atoms with Crippen molar-refractivity contribution in [2.24, 2.45) is 5.73 Å². The van der Waals surface area contributed by atoms with Crippen LogP contribution in [0.25, 0.3) is 11.1 Å². The van der Waals surface area contributed by atoms with Crippen LogP contribution in [0.4, 0.5) is 5.82 Å². The second-order valence-electron chi connectivity index (χ2n) is 7.17. The lowest BCUT2D eigenvalue weighted by Crippen LogP contribution is -2.28. The number of hydrogen-bond acceptors (Lipinski definition) is 9. The monoisotopic (exact) mass is 475 g/mol. The van der Waals surface area contributed by atoms with E-state index in [0.29, 0.717) is 22.4 Å². The predicted molar refractivity (Wildman–Crippen MR) is 124 cm³/mol. The van der Waals surface area contributed by atoms with Crippen LogP contribution in [0.1, 0.15) is 17.9 Å². The molecule has 0 saturated heterocycles. The van der Waals surface area contributed by atoms with E-state index in [9.17, 15) is 14.4 Å². The van der Waals surface area contributed by atoms with Crippen molar-refractivity contribution in [1.29, 1.82) is 0 Å². The number of nitrogens with zero attached hydrogens (tertiary/aromatic N) is 1. The van der Waals surface area contributed by atoms with Gasteiger partial charge >= 0.3 is 11.9 Å². The smallest absolute Gasteiger partial charge is 0.341 e. The molecule has 1 atom stereocenters. The van der Waals surface area contributed by atoms with Gasteiger partial charge in [0.05, 0.1) is 6.42 Å². The van der Waals surface area contributed by atoms with Gasteiger partial charge in [-0.2, -0.15) is 0 Å². The van der Waals surface area contributed by atoms with Crippen molar-refractivity contribution in [2.75, 3.05) is 25.1 Å². The van der Waals surface area contributed by atoms with Crippen molar-refractivity contribution in [3.8, 4) is 41.6 Å². The number of aliphatic hydroxyl groups excluding tert-OH is 1. The van der Waals surface area contributed by atoms with Crippen LogP contribution in [-0.2, 0) is 23.9 Å². The van der Waals surface area contributed by atoms with Crippen LogP contribution in [0.5, 0.6) is 5.75 Å². The van der Waals surface area contributed by atoms with Gasteiger partial charge in [0.15, 0.2) is 13.2 Å². The van der Waals surface area contributed by atoms with E-state index in [4.69, 9.17) is 37.9 Å². The number of nitrogens with two attached hydrogens (primary N) is 1. The Hall–Kier alpha value is -4.80. The molecule has 1 aromatic heterocycles. The summed E-state index contributed by atoms with van der Waals surface area (Å²) in [6.45, 7) is -1.22. The first-order chi connectivity index (χ1) is 16.9. The molecule has 1 aromatic carbocycles. The van der Waals surface area contributed by atoms with Crippen molar-refractivity contribution in [2.45, 2.75) is 12.3 Å². The molecule has 3 rings (SSSR count). The van der Waals surface area contributed by atoms with Crippen molar-refractivity contribution < 1.29 is 33.7 Å². The summed E-state index contributed by atoms with van der Waals surface area (Å²) in [5, 5.41) is 11.4. The summed E-state index contributed by atoms with van der Waals surface area (Å²) in [6, 6.07) is 8.37. The standard InChI is InChI=1S/C25H21N3O7/c1-3-9-33-22(31)13-18-17-11-15(16-7-8-27-20(12-16)28-21(30)14-29)5-6-19(17)35-24(26)23(18)25(32)34-10-4-2/h1-2,5-8,11-12,18,29H,9-10,13-14,26H2,(H,27,28,30). The maximum Gasteiger partial charge on any atom is 0.341 e. The maximum absolute atomic E-state index is 12.7. The number of aliphatic hydroxyl groups is 1. The summed E-state index contributed by atoms with van der Waals surface area (Å²) >= 11 is 0. The first-order valence-corrected chi connectivity index (χ1v) is 10.3. The molecule has 0 fully saturated rings. The largest absolute Gasteiger partial charge is 0.452 e. The number of benzene rings is 1. The molecule has 1 unspecified atom stereocenters. The number of terminal acetylenes is 2. The lowest BCUT2D eigenvalue weighted by atomic mass is 9.84. The van der Waals surface area contributed by atoms with Crippen molar-refractivity contribution >= 4 is 23.7 Å². The van der Waals surface area contributed by atoms with E-state index >= 15 is 0 Å². The minimum atomic E-state index is -0.871. The number of pyridine rings is 1. The van der Waals surface area contributed by atoms with E-state index < -0.39 is 30.4 Å². The molecule has 10 heteroatoms. The third-order valence-corrected chi connectivity index (χ3v) is 4.92. The van der Waals surface area contributed by atoms with Crippen LogP contribution in [0.3, 0.4) is 0 Å². The summed E-state index contributed by atoms with van der Waals surface area (Å²) in [7, 11) is 0. The van der Waals surface area contributed by atoms with Crippen molar-refractivity contribution in [3.63, 3.8) is 0 Å². The lowest BCUT2D eigenvalue weighted by Gasteiger charge is -2.28. The van der Waals surface area contributed by atoms with Gasteiger partial charge in [0.25, 0.3) is 5.91 Å². The highest BCUT2D eigenvalue weighted by molar-refractivity contribution is 5.93. The fourth-order valence-electron chi connectivity index (χ4n) is 3.44. The average molecular weight is 475 g/mol. The number of anilines is 1. The van der Waals surface area contributed by atoms with Crippen LogP contribution in [0.2, 0.25) is 0 Å². The topological polar surface area (TPSA) is 150 Å². The second-order valence-corrected chi connectivity index (χ2v) is 7.17. The molecule has 35 heavy (non-hydrogen) atoms. The normalized spacial score (nSPS) is 14.0. The zero-order chi connectivity index (χ0) is 25.4. The Kier molecular flexibility index (Phi) is 8.06. The van der Waals surface area contributed by atoms with Gasteiger partial charge in [0, 0.05) is 17.7 Å². The maximum atomic E-state index is 12.7. The summed E-state index contributed by atoms with van der Waals surface area (Å²) in [5.74, 6) is 1.77. The molecular weight excluding hydrogens is 454 g/mol. The Morgan fingerprint density at radius 1 is 1.11 bits per heavy atom. The van der Waals surface area contributed by atoms with Crippen LogP contribution < -0.4 is 15.8 Å². The highest BCUT2D eigenvalue weighted by atomic mass is 16.5. The number of rotatable bonds is 8. The first-order valence-electron chi connectivity index (χ1n) is 10.3. The number of amides is 1. The molecule has 0 aliphatic carbocycles. The fourth-order valence-corrected chi connectivity index (χ4v) is 3.44. The Labute approximate surface area is 201 Å². The Morgan fingerprint density at radius 2 is 1.83 bits per heavy atom. The molecule has 178 valence electrons. The van der Waals surface area contributed by atoms with E-state index in [1.807, 2.05) is 0 Å². The number of aromatic nitrogens is 1. The number of carbonyl (C=O) groups is 3. The number of ether oxygens (including phenoxy) is 3.